The molecule has 2 aliphatic heterocycles. The minimum absolute atomic E-state index is 0.113. The Morgan fingerprint density at radius 2 is 1.79 bits per heavy atom. The van der Waals surface area contributed by atoms with Crippen LogP contribution in [0.5, 0.6) is 5.88 Å². The van der Waals surface area contributed by atoms with Gasteiger partial charge in [0.15, 0.2) is 5.13 Å². The van der Waals surface area contributed by atoms with Crippen molar-refractivity contribution in [2.75, 3.05) is 18.0 Å². The zero-order valence-corrected chi connectivity index (χ0v) is 17.0. The number of piperidine rings is 1. The zero-order chi connectivity index (χ0) is 19.6. The molecule has 1 aromatic heterocycles. The molecule has 5 rings (SSSR count). The number of hydrogen-bond acceptors (Lipinski definition) is 5. The molecule has 2 aliphatic rings. The Labute approximate surface area is 174 Å². The van der Waals surface area contributed by atoms with Gasteiger partial charge in [-0.15, -0.1) is 0 Å². The smallest absolute Gasteiger partial charge is 0.231 e. The molecule has 1 fully saturated rings. The first-order valence-corrected chi connectivity index (χ1v) is 10.9. The highest BCUT2D eigenvalue weighted by molar-refractivity contribution is 7.16. The number of allylic oxidation sites excluding steroid dienone is 1. The molecule has 3 aromatic rings. The second kappa shape index (κ2) is 7.84. The van der Waals surface area contributed by atoms with Crippen LogP contribution in [0.1, 0.15) is 28.8 Å². The number of aromatic nitrogens is 1. The molecule has 4 nitrogen and oxygen atoms in total. The monoisotopic (exact) mass is 401 g/mol. The van der Waals surface area contributed by atoms with Gasteiger partial charge in [0.05, 0.1) is 10.6 Å². The Kier molecular flexibility index (Phi) is 4.90. The van der Waals surface area contributed by atoms with Gasteiger partial charge in [0.2, 0.25) is 5.88 Å². The fourth-order valence-corrected chi connectivity index (χ4v) is 5.08. The third-order valence-corrected chi connectivity index (χ3v) is 6.77. The van der Waals surface area contributed by atoms with E-state index in [1.807, 2.05) is 30.5 Å². The van der Waals surface area contributed by atoms with Crippen molar-refractivity contribution >= 4 is 40.0 Å². The number of rotatable bonds is 4. The zero-order valence-electron chi connectivity index (χ0n) is 16.2. The van der Waals surface area contributed by atoms with E-state index in [1.165, 1.54) is 5.56 Å². The van der Waals surface area contributed by atoms with E-state index < -0.39 is 0 Å². The maximum absolute atomic E-state index is 10.4. The van der Waals surface area contributed by atoms with Crippen molar-refractivity contribution in [3.8, 4) is 5.88 Å². The van der Waals surface area contributed by atoms with E-state index in [9.17, 15) is 5.11 Å². The quantitative estimate of drug-likeness (QED) is 0.622. The van der Waals surface area contributed by atoms with Gasteiger partial charge in [0.25, 0.3) is 0 Å². The molecule has 146 valence electrons. The summed E-state index contributed by atoms with van der Waals surface area (Å²) in [5.74, 6) is 0.830. The fourth-order valence-electron chi connectivity index (χ4n) is 4.11. The Bertz CT molecular complexity index is 1060. The van der Waals surface area contributed by atoms with Crippen molar-refractivity contribution < 1.29 is 5.11 Å². The molecule has 0 atom stereocenters. The summed E-state index contributed by atoms with van der Waals surface area (Å²) in [6, 6.07) is 18.8. The van der Waals surface area contributed by atoms with Crippen molar-refractivity contribution in [2.45, 2.75) is 19.3 Å². The van der Waals surface area contributed by atoms with Gasteiger partial charge in [0.1, 0.15) is 0 Å². The first-order valence-electron chi connectivity index (χ1n) is 10.1. The van der Waals surface area contributed by atoms with Crippen LogP contribution in [-0.2, 0) is 6.42 Å². The topological polar surface area (TPSA) is 48.7 Å². The van der Waals surface area contributed by atoms with Crippen molar-refractivity contribution in [3.63, 3.8) is 0 Å². The van der Waals surface area contributed by atoms with Crippen LogP contribution in [0, 0.1) is 5.92 Å². The lowest BCUT2D eigenvalue weighted by Crippen LogP contribution is -2.34. The summed E-state index contributed by atoms with van der Waals surface area (Å²) in [4.78, 5) is 12.0. The Balaban J connectivity index is 1.27. The second-order valence-corrected chi connectivity index (χ2v) is 8.69. The molecule has 5 heteroatoms. The molecule has 2 aromatic carbocycles. The van der Waals surface area contributed by atoms with Crippen LogP contribution in [0.2, 0.25) is 0 Å². The van der Waals surface area contributed by atoms with Crippen LogP contribution < -0.4 is 4.90 Å². The van der Waals surface area contributed by atoms with Crippen LogP contribution >= 0.6 is 11.3 Å². The minimum Gasteiger partial charge on any atom is -0.492 e. The Morgan fingerprint density at radius 1 is 1.03 bits per heavy atom. The van der Waals surface area contributed by atoms with Crippen molar-refractivity contribution in [2.24, 2.45) is 10.9 Å². The molecule has 0 saturated carbocycles. The number of aromatic hydroxyl groups is 1. The summed E-state index contributed by atoms with van der Waals surface area (Å²) >= 11 is 1.56. The summed E-state index contributed by atoms with van der Waals surface area (Å²) in [5.41, 5.74) is 4.52. The van der Waals surface area contributed by atoms with E-state index in [1.54, 1.807) is 11.3 Å². The lowest BCUT2D eigenvalue weighted by molar-refractivity contribution is 0.402. The van der Waals surface area contributed by atoms with Crippen LogP contribution in [0.25, 0.3) is 11.6 Å². The molecule has 0 radical (unpaired) electrons. The fraction of sp³-hybridized carbons (Fsp3) is 0.250. The highest BCUT2D eigenvalue weighted by Crippen LogP contribution is 2.38. The van der Waals surface area contributed by atoms with Gasteiger partial charge >= 0.3 is 0 Å². The average Bonchev–Trinajstić information content (AvgIpc) is 3.33. The normalized spacial score (nSPS) is 17.8. The number of nitrogens with zero attached hydrogens (tertiary/aromatic N) is 3. The van der Waals surface area contributed by atoms with Crippen molar-refractivity contribution in [1.82, 2.24) is 4.98 Å². The third-order valence-electron chi connectivity index (χ3n) is 5.72. The Morgan fingerprint density at radius 3 is 2.62 bits per heavy atom. The maximum Gasteiger partial charge on any atom is 0.231 e. The first-order chi connectivity index (χ1) is 14.3. The highest BCUT2D eigenvalue weighted by Gasteiger charge is 2.23. The third kappa shape index (κ3) is 3.83. The highest BCUT2D eigenvalue weighted by atomic mass is 32.1. The summed E-state index contributed by atoms with van der Waals surface area (Å²) in [5, 5.41) is 11.3. The van der Waals surface area contributed by atoms with Gasteiger partial charge in [-0.05, 0) is 42.9 Å². The predicted molar refractivity (Wildman–Crippen MR) is 121 cm³/mol. The lowest BCUT2D eigenvalue weighted by Gasteiger charge is -2.31. The van der Waals surface area contributed by atoms with Crippen LogP contribution in [0.4, 0.5) is 10.8 Å². The molecule has 3 heterocycles. The molecule has 0 amide bonds. The van der Waals surface area contributed by atoms with Gasteiger partial charge in [-0.2, -0.15) is 4.98 Å². The standard InChI is InChI=1S/C24H23N3OS/c28-23-22(15-19-16-25-21-9-5-4-8-20(19)21)29-24(26-23)27-12-10-18(11-13-27)14-17-6-2-1-3-7-17/h1-9,15-16,18,28H,10-14H2/b19-15+. The lowest BCUT2D eigenvalue weighted by atomic mass is 9.90. The minimum atomic E-state index is 0.113. The Hall–Kier alpha value is -2.92. The van der Waals surface area contributed by atoms with Crippen molar-refractivity contribution in [3.05, 3.63) is 70.6 Å². The first kappa shape index (κ1) is 18.1. The summed E-state index contributed by atoms with van der Waals surface area (Å²) in [6.45, 7) is 1.98. The van der Waals surface area contributed by atoms with Gasteiger partial charge in [-0.1, -0.05) is 59.9 Å². The van der Waals surface area contributed by atoms with E-state index in [0.29, 0.717) is 0 Å². The molecule has 29 heavy (non-hydrogen) atoms. The van der Waals surface area contributed by atoms with Gasteiger partial charge < -0.3 is 10.0 Å². The number of anilines is 1. The molecular weight excluding hydrogens is 378 g/mol. The SMILES string of the molecule is Oc1nc(N2CCC(Cc3ccccc3)CC2)sc1/C=C1\C=Nc2ccccc21. The van der Waals surface area contributed by atoms with E-state index in [2.05, 4.69) is 51.3 Å². The predicted octanol–water partition coefficient (Wildman–Crippen LogP) is 5.56. The second-order valence-electron chi connectivity index (χ2n) is 7.68. The number of thiazole rings is 1. The van der Waals surface area contributed by atoms with E-state index >= 15 is 0 Å². The summed E-state index contributed by atoms with van der Waals surface area (Å²) in [6.07, 6.45) is 7.32. The van der Waals surface area contributed by atoms with Gasteiger partial charge in [0, 0.05) is 30.4 Å². The molecular formula is C24H23N3OS. The van der Waals surface area contributed by atoms with Gasteiger partial charge in [-0.25, -0.2) is 0 Å². The molecule has 0 bridgehead atoms. The van der Waals surface area contributed by atoms with Crippen LogP contribution in [0.15, 0.2) is 59.6 Å². The molecule has 0 unspecified atom stereocenters. The number of benzene rings is 2. The van der Waals surface area contributed by atoms with Crippen molar-refractivity contribution in [1.29, 1.82) is 0 Å². The van der Waals surface area contributed by atoms with Gasteiger partial charge in [-0.3, -0.25) is 4.99 Å². The maximum atomic E-state index is 10.4. The molecule has 0 spiro atoms. The largest absolute Gasteiger partial charge is 0.492 e. The summed E-state index contributed by atoms with van der Waals surface area (Å²) < 4.78 is 0. The van der Waals surface area contributed by atoms with E-state index in [4.69, 9.17) is 0 Å². The van der Waals surface area contributed by atoms with E-state index in [-0.39, 0.29) is 5.88 Å². The van der Waals surface area contributed by atoms with Crippen LogP contribution in [0.3, 0.4) is 0 Å². The average molecular weight is 402 g/mol. The number of aliphatic imine (C=N–C) groups is 1. The van der Waals surface area contributed by atoms with Crippen LogP contribution in [-0.4, -0.2) is 29.4 Å². The van der Waals surface area contributed by atoms with E-state index in [0.717, 1.165) is 65.1 Å². The molecule has 0 aliphatic carbocycles. The summed E-state index contributed by atoms with van der Waals surface area (Å²) in [7, 11) is 0. The molecule has 1 saturated heterocycles. The number of fused-ring (bicyclic) bond motifs is 1. The number of hydrogen-bond donors (Lipinski definition) is 1. The number of para-hydroxylation sites is 1. The molecule has 1 N–H and O–H groups in total.